The highest BCUT2D eigenvalue weighted by atomic mass is 35.5. The summed E-state index contributed by atoms with van der Waals surface area (Å²) in [4.78, 5) is 32.2. The van der Waals surface area contributed by atoms with Crippen LogP contribution < -0.4 is 9.64 Å². The van der Waals surface area contributed by atoms with Gasteiger partial charge in [-0.25, -0.2) is 9.37 Å². The minimum Gasteiger partial charge on any atom is -0.503 e. The molecule has 1 unspecified atom stereocenters. The first-order valence-electron chi connectivity index (χ1n) is 10.3. The van der Waals surface area contributed by atoms with Crippen LogP contribution in [-0.4, -0.2) is 28.4 Å². The summed E-state index contributed by atoms with van der Waals surface area (Å²) in [6.07, 6.45) is 0. The molecule has 0 bridgehead atoms. The number of hydrogen-bond donors (Lipinski definition) is 1. The van der Waals surface area contributed by atoms with Gasteiger partial charge in [0, 0.05) is 0 Å². The number of halogens is 3. The molecule has 1 atom stereocenters. The number of nitrogens with zero attached hydrogens (tertiary/aromatic N) is 2. The number of amides is 1. The van der Waals surface area contributed by atoms with Crippen LogP contribution in [0.15, 0.2) is 78.1 Å². The van der Waals surface area contributed by atoms with Gasteiger partial charge in [-0.3, -0.25) is 14.5 Å². The monoisotopic (exact) mass is 528 g/mol. The van der Waals surface area contributed by atoms with E-state index in [1.807, 2.05) is 0 Å². The Labute approximate surface area is 212 Å². The summed E-state index contributed by atoms with van der Waals surface area (Å²) < 4.78 is 19.9. The number of rotatable bonds is 6. The Morgan fingerprint density at radius 3 is 2.49 bits per heavy atom. The average Bonchev–Trinajstić information content (AvgIpc) is 3.39. The fraction of sp³-hybridized carbons (Fsp3) is 0.0800. The van der Waals surface area contributed by atoms with Crippen molar-refractivity contribution >= 4 is 61.6 Å². The number of aliphatic hydroxyl groups excluding tert-OH is 1. The molecule has 6 nitrogen and oxygen atoms in total. The zero-order chi connectivity index (χ0) is 24.7. The normalized spacial score (nSPS) is 15.8. The average molecular weight is 529 g/mol. The molecule has 0 saturated heterocycles. The van der Waals surface area contributed by atoms with Crippen LogP contribution in [0.4, 0.5) is 9.52 Å². The van der Waals surface area contributed by atoms with Gasteiger partial charge < -0.3 is 9.84 Å². The van der Waals surface area contributed by atoms with Crippen LogP contribution in [0.1, 0.15) is 11.6 Å². The lowest BCUT2D eigenvalue weighted by Crippen LogP contribution is -2.31. The molecule has 3 aromatic carbocycles. The van der Waals surface area contributed by atoms with Gasteiger partial charge in [-0.15, -0.1) is 0 Å². The van der Waals surface area contributed by atoms with Crippen molar-refractivity contribution in [3.05, 3.63) is 99.5 Å². The molecule has 176 valence electrons. The lowest BCUT2D eigenvalue weighted by molar-refractivity contribution is -0.119. The van der Waals surface area contributed by atoms with Gasteiger partial charge in [0.15, 0.2) is 17.5 Å². The number of carbonyl (C=O) groups is 2. The van der Waals surface area contributed by atoms with Gasteiger partial charge in [-0.1, -0.05) is 64.9 Å². The fourth-order valence-electron chi connectivity index (χ4n) is 3.84. The number of fused-ring (bicyclic) bond motifs is 1. The van der Waals surface area contributed by atoms with Crippen LogP contribution in [0.3, 0.4) is 0 Å². The van der Waals surface area contributed by atoms with Crippen molar-refractivity contribution in [2.45, 2.75) is 6.04 Å². The summed E-state index contributed by atoms with van der Waals surface area (Å²) in [7, 11) is 0. The Hall–Kier alpha value is -3.46. The predicted octanol–water partition coefficient (Wildman–Crippen LogP) is 6.29. The van der Waals surface area contributed by atoms with Crippen LogP contribution in [0.25, 0.3) is 10.2 Å². The van der Waals surface area contributed by atoms with Crippen LogP contribution in [0.5, 0.6) is 5.75 Å². The summed E-state index contributed by atoms with van der Waals surface area (Å²) in [5, 5.41) is 11.7. The van der Waals surface area contributed by atoms with Gasteiger partial charge in [0.2, 0.25) is 5.78 Å². The standard InChI is InChI=1S/C25H15Cl2FN2O4S/c26-15-4-1-2-6-18(15)34-12-17(31)20-22(13-8-10-14(28)11-9-13)30(24(33)23(20)32)25-29-21-16(27)5-3-7-19(21)35-25/h1-11,22,32H,12H2. The van der Waals surface area contributed by atoms with Crippen LogP contribution >= 0.6 is 34.5 Å². The lowest BCUT2D eigenvalue weighted by atomic mass is 9.96. The Bertz CT molecular complexity index is 1500. The maximum atomic E-state index is 13.7. The first kappa shape index (κ1) is 23.3. The number of anilines is 1. The summed E-state index contributed by atoms with van der Waals surface area (Å²) in [5.41, 5.74) is 0.718. The molecule has 0 fully saturated rings. The highest BCUT2D eigenvalue weighted by Gasteiger charge is 2.45. The van der Waals surface area contributed by atoms with Crippen molar-refractivity contribution in [2.24, 2.45) is 0 Å². The molecular formula is C25H15Cl2FN2O4S. The first-order chi connectivity index (χ1) is 16.8. The quantitative estimate of drug-likeness (QED) is 0.318. The topological polar surface area (TPSA) is 79.7 Å². The molecular weight excluding hydrogens is 514 g/mol. The molecule has 1 amide bonds. The molecule has 1 aromatic heterocycles. The molecule has 0 saturated carbocycles. The number of hydrogen-bond acceptors (Lipinski definition) is 6. The summed E-state index contributed by atoms with van der Waals surface area (Å²) in [5.74, 6) is -2.37. The molecule has 0 spiro atoms. The van der Waals surface area contributed by atoms with Crippen LogP contribution in [-0.2, 0) is 9.59 Å². The van der Waals surface area contributed by atoms with E-state index in [1.165, 1.54) is 40.5 Å². The third kappa shape index (κ3) is 4.25. The van der Waals surface area contributed by atoms with Crippen LogP contribution in [0, 0.1) is 5.82 Å². The maximum absolute atomic E-state index is 13.7. The van der Waals surface area contributed by atoms with Gasteiger partial charge in [-0.2, -0.15) is 0 Å². The van der Waals surface area contributed by atoms with Gasteiger partial charge >= 0.3 is 0 Å². The van der Waals surface area contributed by atoms with Gasteiger partial charge in [0.1, 0.15) is 17.1 Å². The lowest BCUT2D eigenvalue weighted by Gasteiger charge is -2.24. The Balaban J connectivity index is 1.56. The Morgan fingerprint density at radius 1 is 1.06 bits per heavy atom. The third-order valence-corrected chi connectivity index (χ3v) is 7.09. The minimum absolute atomic E-state index is 0.181. The highest BCUT2D eigenvalue weighted by molar-refractivity contribution is 7.22. The molecule has 1 aliphatic heterocycles. The molecule has 2 heterocycles. The minimum atomic E-state index is -1.05. The third-order valence-electron chi connectivity index (χ3n) is 5.45. The second-order valence-corrected chi connectivity index (χ2v) is 9.44. The van der Waals surface area contributed by atoms with E-state index in [1.54, 1.807) is 42.5 Å². The molecule has 0 aliphatic carbocycles. The van der Waals surface area contributed by atoms with E-state index in [0.717, 1.165) is 4.70 Å². The number of carbonyl (C=O) groups excluding carboxylic acids is 2. The Kier molecular flexibility index (Phi) is 6.19. The summed E-state index contributed by atoms with van der Waals surface area (Å²) >= 11 is 13.5. The molecule has 1 N–H and O–H groups in total. The van der Waals surface area contributed by atoms with Gasteiger partial charge in [0.05, 0.1) is 26.4 Å². The van der Waals surface area contributed by atoms with E-state index in [4.69, 9.17) is 27.9 Å². The van der Waals surface area contributed by atoms with Crippen molar-refractivity contribution in [3.8, 4) is 5.75 Å². The van der Waals surface area contributed by atoms with Crippen molar-refractivity contribution in [1.29, 1.82) is 0 Å². The van der Waals surface area contributed by atoms with Crippen molar-refractivity contribution < 1.29 is 23.8 Å². The smallest absolute Gasteiger partial charge is 0.296 e. The second kappa shape index (κ2) is 9.30. The second-order valence-electron chi connectivity index (χ2n) is 7.62. The Morgan fingerprint density at radius 2 is 1.77 bits per heavy atom. The molecule has 1 aliphatic rings. The number of ketones is 1. The largest absolute Gasteiger partial charge is 0.503 e. The molecule has 35 heavy (non-hydrogen) atoms. The van der Waals surface area contributed by atoms with E-state index in [2.05, 4.69) is 4.98 Å². The summed E-state index contributed by atoms with van der Waals surface area (Å²) in [6.45, 7) is -0.479. The first-order valence-corrected chi connectivity index (χ1v) is 11.9. The number of aliphatic hydroxyl groups is 1. The van der Waals surface area contributed by atoms with Crippen molar-refractivity contribution in [2.75, 3.05) is 11.5 Å². The zero-order valence-corrected chi connectivity index (χ0v) is 20.1. The zero-order valence-electron chi connectivity index (χ0n) is 17.7. The number of Topliss-reactive ketones (excluding diaryl/α,β-unsaturated/α-hetero) is 1. The molecule has 5 rings (SSSR count). The van der Waals surface area contributed by atoms with E-state index in [-0.39, 0.29) is 16.5 Å². The fourth-order valence-corrected chi connectivity index (χ4v) is 5.32. The maximum Gasteiger partial charge on any atom is 0.296 e. The number of thiazole rings is 1. The van der Waals surface area contributed by atoms with E-state index in [0.29, 0.717) is 21.1 Å². The molecule has 10 heteroatoms. The van der Waals surface area contributed by atoms with Crippen LogP contribution in [0.2, 0.25) is 10.0 Å². The van der Waals surface area contributed by atoms with E-state index < -0.39 is 35.9 Å². The number of benzene rings is 3. The number of ether oxygens (including phenoxy) is 1. The van der Waals surface area contributed by atoms with E-state index >= 15 is 0 Å². The van der Waals surface area contributed by atoms with Crippen molar-refractivity contribution in [1.82, 2.24) is 4.98 Å². The SMILES string of the molecule is O=C(COc1ccccc1Cl)C1=C(O)C(=O)N(c2nc3c(Cl)cccc3s2)C1c1ccc(F)cc1. The summed E-state index contributed by atoms with van der Waals surface area (Å²) in [6, 6.07) is 16.1. The number of para-hydroxylation sites is 2. The molecule has 0 radical (unpaired) electrons. The predicted molar refractivity (Wildman–Crippen MR) is 133 cm³/mol. The van der Waals surface area contributed by atoms with Crippen molar-refractivity contribution in [3.63, 3.8) is 0 Å². The van der Waals surface area contributed by atoms with E-state index in [9.17, 15) is 19.1 Å². The molecule has 4 aromatic rings. The van der Waals surface area contributed by atoms with Gasteiger partial charge in [-0.05, 0) is 42.0 Å². The highest BCUT2D eigenvalue weighted by Crippen LogP contribution is 2.44. The number of aromatic nitrogens is 1. The van der Waals surface area contributed by atoms with Gasteiger partial charge in [0.25, 0.3) is 5.91 Å².